The summed E-state index contributed by atoms with van der Waals surface area (Å²) < 4.78 is 21.7. The Balaban J connectivity index is 3.27. The molecule has 1 N–H and O–H groups in total. The lowest BCUT2D eigenvalue weighted by molar-refractivity contribution is -0.119. The third-order valence-electron chi connectivity index (χ3n) is 2.26. The summed E-state index contributed by atoms with van der Waals surface area (Å²) in [7, 11) is -4.16. The fourth-order valence-corrected chi connectivity index (χ4v) is 3.23. The van der Waals surface area contributed by atoms with Crippen molar-refractivity contribution in [2.45, 2.75) is 15.6 Å². The number of hydrogen-bond donors (Lipinski definition) is 1. The van der Waals surface area contributed by atoms with Crippen LogP contribution in [0, 0.1) is 6.92 Å². The molecule has 0 aliphatic heterocycles. The highest BCUT2D eigenvalue weighted by Crippen LogP contribution is 2.29. The molecule has 1 aromatic carbocycles. The summed E-state index contributed by atoms with van der Waals surface area (Å²) in [4.78, 5) is 11.5. The van der Waals surface area contributed by atoms with E-state index in [-0.39, 0.29) is 4.90 Å². The van der Waals surface area contributed by atoms with Gasteiger partial charge in [-0.1, -0.05) is 75.7 Å². The quantitative estimate of drug-likeness (QED) is 0.769. The average molecular weight is 412 g/mol. The highest BCUT2D eigenvalue weighted by atomic mass is 35.6. The smallest absolute Gasteiger partial charge is 0.277 e. The number of alkyl halides is 3. The van der Waals surface area contributed by atoms with Gasteiger partial charge in [-0.25, -0.2) is 8.42 Å². The predicted octanol–water partition coefficient (Wildman–Crippen LogP) is 3.86. The molecule has 1 aromatic rings. The average Bonchev–Trinajstić information content (AvgIpc) is 2.34. The summed E-state index contributed by atoms with van der Waals surface area (Å²) in [6, 6.07) is 5.82. The fraction of sp³-hybridized carbons (Fsp3) is 0.182. The van der Waals surface area contributed by atoms with Gasteiger partial charge in [0.2, 0.25) is 9.84 Å². The summed E-state index contributed by atoms with van der Waals surface area (Å²) in [5.41, 5.74) is 0.849. The normalized spacial score (nSPS) is 11.9. The lowest BCUT2D eigenvalue weighted by Gasteiger charge is -2.15. The molecule has 1 amide bonds. The minimum absolute atomic E-state index is 0.119. The Morgan fingerprint density at radius 2 is 1.57 bits per heavy atom. The third kappa shape index (κ3) is 4.91. The Morgan fingerprint density at radius 1 is 1.10 bits per heavy atom. The van der Waals surface area contributed by atoms with Crippen molar-refractivity contribution in [1.29, 1.82) is 0 Å². The predicted molar refractivity (Wildman–Crippen MR) is 85.5 cm³/mol. The van der Waals surface area contributed by atoms with Crippen molar-refractivity contribution < 1.29 is 13.2 Å². The van der Waals surface area contributed by atoms with Crippen LogP contribution in [-0.2, 0) is 14.6 Å². The van der Waals surface area contributed by atoms with Gasteiger partial charge in [0.1, 0.15) is 4.49 Å². The van der Waals surface area contributed by atoms with Crippen LogP contribution in [0.2, 0.25) is 0 Å². The molecular weight excluding hydrogens is 403 g/mol. The van der Waals surface area contributed by atoms with Gasteiger partial charge in [0, 0.05) is 0 Å². The standard InChI is InChI=1S/C11H8Cl5NO3S/c1-6-2-4-7(5-3-6)21(19,20)9(8(12)13)17-10(18)11(14,15)16/h2-5H,1H3,(H,17,18). The molecule has 0 spiro atoms. The molecule has 116 valence electrons. The summed E-state index contributed by atoms with van der Waals surface area (Å²) in [5, 5.41) is 1.14. The van der Waals surface area contributed by atoms with Gasteiger partial charge in [-0.2, -0.15) is 0 Å². The van der Waals surface area contributed by atoms with Gasteiger partial charge in [-0.15, -0.1) is 0 Å². The molecule has 0 heterocycles. The van der Waals surface area contributed by atoms with Crippen molar-refractivity contribution in [1.82, 2.24) is 5.32 Å². The molecule has 0 aliphatic rings. The van der Waals surface area contributed by atoms with Crippen molar-refractivity contribution in [2.75, 3.05) is 0 Å². The molecule has 4 nitrogen and oxygen atoms in total. The Bertz CT molecular complexity index is 673. The molecule has 21 heavy (non-hydrogen) atoms. The van der Waals surface area contributed by atoms with E-state index in [1.807, 2.05) is 5.32 Å². The lowest BCUT2D eigenvalue weighted by Crippen LogP contribution is -2.36. The molecule has 0 saturated carbocycles. The first kappa shape index (κ1) is 18.9. The van der Waals surface area contributed by atoms with Gasteiger partial charge in [-0.05, 0) is 19.1 Å². The van der Waals surface area contributed by atoms with E-state index in [1.54, 1.807) is 19.1 Å². The van der Waals surface area contributed by atoms with E-state index in [0.29, 0.717) is 0 Å². The van der Waals surface area contributed by atoms with Crippen LogP contribution >= 0.6 is 58.0 Å². The highest BCUT2D eigenvalue weighted by Gasteiger charge is 2.35. The van der Waals surface area contributed by atoms with Gasteiger partial charge in [-0.3, -0.25) is 4.79 Å². The molecule has 0 bridgehead atoms. The minimum atomic E-state index is -4.16. The number of halogens is 5. The molecule has 0 aromatic heterocycles. The molecule has 0 atom stereocenters. The second-order valence-electron chi connectivity index (χ2n) is 3.86. The first-order valence-electron chi connectivity index (χ1n) is 5.21. The van der Waals surface area contributed by atoms with Crippen molar-refractivity contribution in [3.8, 4) is 0 Å². The Kier molecular flexibility index (Phi) is 6.24. The number of hydrogen-bond acceptors (Lipinski definition) is 3. The van der Waals surface area contributed by atoms with Crippen molar-refractivity contribution in [3.63, 3.8) is 0 Å². The first-order valence-corrected chi connectivity index (χ1v) is 8.58. The highest BCUT2D eigenvalue weighted by molar-refractivity contribution is 7.95. The molecule has 0 saturated heterocycles. The van der Waals surface area contributed by atoms with Gasteiger partial charge in [0.25, 0.3) is 9.70 Å². The molecule has 0 radical (unpaired) electrons. The van der Waals surface area contributed by atoms with Gasteiger partial charge in [0.15, 0.2) is 5.03 Å². The van der Waals surface area contributed by atoms with Crippen molar-refractivity contribution in [2.24, 2.45) is 0 Å². The summed E-state index contributed by atoms with van der Waals surface area (Å²) >= 11 is 27.1. The largest absolute Gasteiger partial charge is 0.311 e. The summed E-state index contributed by atoms with van der Waals surface area (Å²) in [6.45, 7) is 1.78. The maximum Gasteiger partial charge on any atom is 0.277 e. The minimum Gasteiger partial charge on any atom is -0.311 e. The van der Waals surface area contributed by atoms with Crippen LogP contribution in [0.15, 0.2) is 38.7 Å². The number of benzene rings is 1. The number of sulfone groups is 1. The zero-order valence-corrected chi connectivity index (χ0v) is 14.9. The summed E-state index contributed by atoms with van der Waals surface area (Å²) in [6.07, 6.45) is 0. The summed E-state index contributed by atoms with van der Waals surface area (Å²) in [5.74, 6) is -1.20. The van der Waals surface area contributed by atoms with Gasteiger partial charge >= 0.3 is 0 Å². The maximum atomic E-state index is 12.4. The monoisotopic (exact) mass is 409 g/mol. The number of nitrogens with one attached hydrogen (secondary N) is 1. The van der Waals surface area contributed by atoms with E-state index >= 15 is 0 Å². The van der Waals surface area contributed by atoms with Crippen LogP contribution in [0.4, 0.5) is 0 Å². The second kappa shape index (κ2) is 6.94. The van der Waals surface area contributed by atoms with Crippen LogP contribution in [0.1, 0.15) is 5.56 Å². The van der Waals surface area contributed by atoms with E-state index < -0.39 is 29.1 Å². The van der Waals surface area contributed by atoms with Gasteiger partial charge in [0.05, 0.1) is 4.90 Å². The van der Waals surface area contributed by atoms with E-state index in [9.17, 15) is 13.2 Å². The molecule has 0 unspecified atom stereocenters. The van der Waals surface area contributed by atoms with E-state index in [2.05, 4.69) is 0 Å². The molecular formula is C11H8Cl5NO3S. The molecule has 1 rings (SSSR count). The molecule has 0 aliphatic carbocycles. The zero-order valence-electron chi connectivity index (χ0n) is 10.3. The molecule has 0 fully saturated rings. The van der Waals surface area contributed by atoms with Crippen LogP contribution in [0.3, 0.4) is 0 Å². The number of carbonyl (C=O) groups is 1. The topological polar surface area (TPSA) is 63.2 Å². The second-order valence-corrected chi connectivity index (χ2v) is 8.98. The van der Waals surface area contributed by atoms with Crippen LogP contribution in [-0.4, -0.2) is 18.1 Å². The van der Waals surface area contributed by atoms with Crippen molar-refractivity contribution in [3.05, 3.63) is 39.3 Å². The SMILES string of the molecule is Cc1ccc(S(=O)(=O)C(NC(=O)C(Cl)(Cl)Cl)=C(Cl)Cl)cc1. The molecule has 10 heteroatoms. The maximum absolute atomic E-state index is 12.4. The number of amides is 1. The Hall–Kier alpha value is -0.170. The number of carbonyl (C=O) groups excluding carboxylic acids is 1. The Morgan fingerprint density at radius 3 is 1.95 bits per heavy atom. The number of rotatable bonds is 3. The fourth-order valence-electron chi connectivity index (χ4n) is 1.23. The number of aryl methyl sites for hydroxylation is 1. The van der Waals surface area contributed by atoms with Crippen LogP contribution in [0.25, 0.3) is 0 Å². The van der Waals surface area contributed by atoms with E-state index in [1.165, 1.54) is 12.1 Å². The lowest BCUT2D eigenvalue weighted by atomic mass is 10.2. The van der Waals surface area contributed by atoms with Crippen LogP contribution < -0.4 is 5.32 Å². The Labute approximate surface area is 146 Å². The zero-order chi connectivity index (χ0) is 16.4. The van der Waals surface area contributed by atoms with Crippen LogP contribution in [0.5, 0.6) is 0 Å². The third-order valence-corrected chi connectivity index (χ3v) is 5.11. The van der Waals surface area contributed by atoms with E-state index in [4.69, 9.17) is 58.0 Å². The van der Waals surface area contributed by atoms with Crippen molar-refractivity contribution >= 4 is 73.7 Å². The first-order chi connectivity index (χ1) is 9.46. The van der Waals surface area contributed by atoms with Gasteiger partial charge < -0.3 is 5.32 Å². The van der Waals surface area contributed by atoms with E-state index in [0.717, 1.165) is 5.56 Å².